The van der Waals surface area contributed by atoms with Crippen molar-refractivity contribution in [1.29, 1.82) is 0 Å². The van der Waals surface area contributed by atoms with Gasteiger partial charge in [-0.1, -0.05) is 13.8 Å². The van der Waals surface area contributed by atoms with Crippen LogP contribution in [0, 0.1) is 19.8 Å². The number of H-pyrrole nitrogens is 1. The fraction of sp³-hybridized carbons (Fsp3) is 0.500. The smallest absolute Gasteiger partial charge is 0.158 e. The molecule has 2 bridgehead atoms. The molecule has 1 aliphatic carbocycles. The molecule has 7 rings (SSSR count). The summed E-state index contributed by atoms with van der Waals surface area (Å²) in [5.41, 5.74) is 7.48. The summed E-state index contributed by atoms with van der Waals surface area (Å²) in [6, 6.07) is 2.96. The minimum absolute atomic E-state index is 0.450. The van der Waals surface area contributed by atoms with Crippen LogP contribution in [0.5, 0.6) is 0 Å². The van der Waals surface area contributed by atoms with Crippen molar-refractivity contribution in [3.05, 3.63) is 40.2 Å². The maximum absolute atomic E-state index is 4.38. The van der Waals surface area contributed by atoms with Gasteiger partial charge in [-0.3, -0.25) is 0 Å². The van der Waals surface area contributed by atoms with Gasteiger partial charge in [0.25, 0.3) is 0 Å². The van der Waals surface area contributed by atoms with E-state index in [1.54, 1.807) is 11.2 Å². The van der Waals surface area contributed by atoms with E-state index < -0.39 is 0 Å². The van der Waals surface area contributed by atoms with Crippen LogP contribution in [-0.4, -0.2) is 32.2 Å². The number of hydrogen-bond acceptors (Lipinski definition) is 4. The van der Waals surface area contributed by atoms with Crippen LogP contribution in [0.25, 0.3) is 27.1 Å². The molecule has 3 fully saturated rings. The fourth-order valence-corrected chi connectivity index (χ4v) is 7.37. The average molecular weight is 420 g/mol. The second-order valence-electron chi connectivity index (χ2n) is 9.59. The lowest BCUT2D eigenvalue weighted by Crippen LogP contribution is -2.48. The molecule has 0 amide bonds. The quantitative estimate of drug-likeness (QED) is 0.459. The van der Waals surface area contributed by atoms with Crippen molar-refractivity contribution < 1.29 is 0 Å². The zero-order valence-electron chi connectivity index (χ0n) is 18.1. The van der Waals surface area contributed by atoms with Gasteiger partial charge in [0.15, 0.2) is 5.65 Å². The van der Waals surface area contributed by atoms with Crippen molar-refractivity contribution in [2.45, 2.75) is 64.8 Å². The first-order valence-electron chi connectivity index (χ1n) is 11.2. The summed E-state index contributed by atoms with van der Waals surface area (Å²) < 4.78 is 1.90. The third-order valence-electron chi connectivity index (χ3n) is 7.38. The molecule has 4 aromatic rings. The number of piperidine rings is 2. The minimum Gasteiger partial charge on any atom is -0.346 e. The van der Waals surface area contributed by atoms with Gasteiger partial charge in [-0.2, -0.15) is 5.10 Å². The van der Waals surface area contributed by atoms with Crippen LogP contribution in [0.4, 0.5) is 0 Å². The first-order chi connectivity index (χ1) is 14.5. The van der Waals surface area contributed by atoms with Crippen molar-refractivity contribution in [3.63, 3.8) is 0 Å². The fourth-order valence-electron chi connectivity index (χ4n) is 5.94. The summed E-state index contributed by atoms with van der Waals surface area (Å²) in [5.74, 6) is 1.98. The highest BCUT2D eigenvalue weighted by atomic mass is 32.1. The molecule has 2 saturated heterocycles. The SMILES string of the molecule is Cc1c(C2C[C@@H]3CCC2CN3)sc2[nH]c(-c3cc(C)c4ncnn4c3)c(C(C)C)c12. The molecule has 4 aromatic heterocycles. The molecular weight excluding hydrogens is 390 g/mol. The first kappa shape index (κ1) is 18.6. The van der Waals surface area contributed by atoms with Gasteiger partial charge in [-0.25, -0.2) is 9.50 Å². The molecule has 1 saturated carbocycles. The number of aromatic nitrogens is 4. The van der Waals surface area contributed by atoms with Crippen LogP contribution in [0.1, 0.15) is 66.5 Å². The third kappa shape index (κ3) is 2.63. The molecule has 3 atom stereocenters. The Labute approximate surface area is 180 Å². The number of thiophene rings is 1. The predicted molar refractivity (Wildman–Crippen MR) is 124 cm³/mol. The van der Waals surface area contributed by atoms with Gasteiger partial charge in [0, 0.05) is 28.1 Å². The molecule has 6 heteroatoms. The van der Waals surface area contributed by atoms with E-state index in [9.17, 15) is 0 Å². The Morgan fingerprint density at radius 1 is 1.23 bits per heavy atom. The van der Waals surface area contributed by atoms with Crippen molar-refractivity contribution in [2.75, 3.05) is 6.54 Å². The van der Waals surface area contributed by atoms with Gasteiger partial charge in [-0.15, -0.1) is 11.3 Å². The molecule has 156 valence electrons. The van der Waals surface area contributed by atoms with Gasteiger partial charge in [0.05, 0.1) is 5.69 Å². The number of pyridine rings is 1. The molecule has 3 aliphatic rings. The molecule has 2 unspecified atom stereocenters. The summed E-state index contributed by atoms with van der Waals surface area (Å²) >= 11 is 2.01. The van der Waals surface area contributed by atoms with E-state index in [0.29, 0.717) is 5.92 Å². The van der Waals surface area contributed by atoms with Crippen LogP contribution in [0.3, 0.4) is 0 Å². The number of fused-ring (bicyclic) bond motifs is 5. The highest BCUT2D eigenvalue weighted by Crippen LogP contribution is 2.49. The van der Waals surface area contributed by atoms with Crippen LogP contribution in [0.2, 0.25) is 0 Å². The average Bonchev–Trinajstić information content (AvgIpc) is 3.43. The number of aromatic amines is 1. The van der Waals surface area contributed by atoms with E-state index in [4.69, 9.17) is 0 Å². The Morgan fingerprint density at radius 3 is 2.80 bits per heavy atom. The molecule has 0 aromatic carbocycles. The highest BCUT2D eigenvalue weighted by molar-refractivity contribution is 7.19. The number of rotatable bonds is 3. The molecule has 2 aliphatic heterocycles. The highest BCUT2D eigenvalue weighted by Gasteiger charge is 2.38. The van der Waals surface area contributed by atoms with Crippen molar-refractivity contribution in [3.8, 4) is 11.3 Å². The summed E-state index contributed by atoms with van der Waals surface area (Å²) in [7, 11) is 0. The predicted octanol–water partition coefficient (Wildman–Crippen LogP) is 5.53. The number of nitrogens with zero attached hydrogens (tertiary/aromatic N) is 3. The summed E-state index contributed by atoms with van der Waals surface area (Å²) in [5, 5.41) is 9.58. The number of hydrogen-bond donors (Lipinski definition) is 2. The number of nitrogens with one attached hydrogen (secondary N) is 2. The van der Waals surface area contributed by atoms with Crippen molar-refractivity contribution >= 4 is 27.2 Å². The Kier molecular flexibility index (Phi) is 4.12. The van der Waals surface area contributed by atoms with Gasteiger partial charge in [0.2, 0.25) is 0 Å². The standard InChI is InChI=1S/C24H29N5S/c1-12(2)19-20-14(4)22(18-8-17-6-5-15(18)9-25-17)30-24(20)28-21(19)16-7-13(3)23-26-11-27-29(23)10-16/h7,10-12,15,17-18,25,28H,5-6,8-9H2,1-4H3/t15?,17-,18?/m0/s1. The van der Waals surface area contributed by atoms with E-state index in [0.717, 1.165) is 29.1 Å². The molecule has 5 nitrogen and oxygen atoms in total. The maximum Gasteiger partial charge on any atom is 0.158 e. The van der Waals surface area contributed by atoms with Crippen LogP contribution in [0.15, 0.2) is 18.6 Å². The Balaban J connectivity index is 1.52. The Morgan fingerprint density at radius 2 is 2.10 bits per heavy atom. The Hall–Kier alpha value is -2.18. The summed E-state index contributed by atoms with van der Waals surface area (Å²) in [6.07, 6.45) is 7.78. The zero-order chi connectivity index (χ0) is 20.6. The van der Waals surface area contributed by atoms with Gasteiger partial charge in [0.1, 0.15) is 11.2 Å². The second-order valence-corrected chi connectivity index (χ2v) is 10.6. The molecular formula is C24H29N5S. The molecule has 0 radical (unpaired) electrons. The van der Waals surface area contributed by atoms with Crippen molar-refractivity contribution in [2.24, 2.45) is 5.92 Å². The van der Waals surface area contributed by atoms with E-state index in [1.807, 2.05) is 15.9 Å². The lowest BCUT2D eigenvalue weighted by atomic mass is 9.72. The zero-order valence-corrected chi connectivity index (χ0v) is 18.9. The largest absolute Gasteiger partial charge is 0.346 e. The lowest BCUT2D eigenvalue weighted by molar-refractivity contribution is 0.182. The third-order valence-corrected chi connectivity index (χ3v) is 8.72. The first-order valence-corrected chi connectivity index (χ1v) is 12.0. The van der Waals surface area contributed by atoms with Crippen LogP contribution < -0.4 is 5.32 Å². The van der Waals surface area contributed by atoms with E-state index >= 15 is 0 Å². The molecule has 6 heterocycles. The normalized spacial score (nSPS) is 24.0. The summed E-state index contributed by atoms with van der Waals surface area (Å²) in [6.45, 7) is 10.3. The van der Waals surface area contributed by atoms with E-state index in [2.05, 4.69) is 60.3 Å². The van der Waals surface area contributed by atoms with E-state index in [-0.39, 0.29) is 0 Å². The van der Waals surface area contributed by atoms with E-state index in [1.165, 1.54) is 58.4 Å². The monoisotopic (exact) mass is 419 g/mol. The van der Waals surface area contributed by atoms with Crippen LogP contribution in [-0.2, 0) is 0 Å². The molecule has 2 N–H and O–H groups in total. The topological polar surface area (TPSA) is 58.0 Å². The van der Waals surface area contributed by atoms with Gasteiger partial charge >= 0.3 is 0 Å². The molecule has 0 spiro atoms. The van der Waals surface area contributed by atoms with Gasteiger partial charge in [-0.05, 0) is 80.2 Å². The van der Waals surface area contributed by atoms with Crippen LogP contribution >= 0.6 is 11.3 Å². The van der Waals surface area contributed by atoms with Crippen molar-refractivity contribution in [1.82, 2.24) is 24.9 Å². The van der Waals surface area contributed by atoms with Gasteiger partial charge < -0.3 is 10.3 Å². The number of aryl methyl sites for hydroxylation is 2. The Bertz CT molecular complexity index is 1250. The lowest BCUT2D eigenvalue weighted by Gasteiger charge is -2.43. The maximum atomic E-state index is 4.38. The molecule has 30 heavy (non-hydrogen) atoms. The summed E-state index contributed by atoms with van der Waals surface area (Å²) in [4.78, 5) is 11.2. The minimum atomic E-state index is 0.450. The second kappa shape index (κ2) is 6.66.